The molecule has 4 heteroatoms. The largest absolute Gasteiger partial charge is 0.384 e. The number of methoxy groups -OCH3 is 1. The van der Waals surface area contributed by atoms with Crippen LogP contribution < -0.4 is 10.6 Å². The Balaban J connectivity index is 2.38. The van der Waals surface area contributed by atoms with Crippen molar-refractivity contribution in [1.29, 1.82) is 0 Å². The molecule has 14 heavy (non-hydrogen) atoms. The van der Waals surface area contributed by atoms with E-state index in [0.29, 0.717) is 6.61 Å². The summed E-state index contributed by atoms with van der Waals surface area (Å²) in [6.45, 7) is 4.45. The van der Waals surface area contributed by atoms with Gasteiger partial charge in [-0.3, -0.25) is 0 Å². The van der Waals surface area contributed by atoms with E-state index in [1.807, 2.05) is 18.3 Å². The van der Waals surface area contributed by atoms with Crippen LogP contribution in [0.15, 0.2) is 18.3 Å². The van der Waals surface area contributed by atoms with Gasteiger partial charge in [0.05, 0.1) is 18.5 Å². The van der Waals surface area contributed by atoms with Gasteiger partial charge in [-0.05, 0) is 19.1 Å². The fourth-order valence-electron chi connectivity index (χ4n) is 1.09. The molecule has 4 nitrogen and oxygen atoms in total. The molecule has 0 aromatic carbocycles. The predicted molar refractivity (Wildman–Crippen MR) is 58.8 cm³/mol. The lowest BCUT2D eigenvalue weighted by Crippen LogP contribution is -2.08. The minimum Gasteiger partial charge on any atom is -0.384 e. The molecule has 0 unspecified atom stereocenters. The third kappa shape index (κ3) is 3.62. The van der Waals surface area contributed by atoms with E-state index in [0.717, 1.165) is 24.6 Å². The van der Waals surface area contributed by atoms with Crippen LogP contribution in [0, 0.1) is 0 Å². The first-order valence-electron chi connectivity index (χ1n) is 4.79. The topological polar surface area (TPSA) is 46.2 Å². The summed E-state index contributed by atoms with van der Waals surface area (Å²) in [6, 6.07) is 3.96. The molecule has 1 aromatic rings. The van der Waals surface area contributed by atoms with E-state index in [1.54, 1.807) is 7.11 Å². The van der Waals surface area contributed by atoms with Crippen LogP contribution in [0.4, 0.5) is 11.5 Å². The van der Waals surface area contributed by atoms with Gasteiger partial charge in [-0.1, -0.05) is 0 Å². The van der Waals surface area contributed by atoms with Crippen molar-refractivity contribution in [3.8, 4) is 0 Å². The molecule has 0 aliphatic heterocycles. The number of hydrogen-bond acceptors (Lipinski definition) is 4. The van der Waals surface area contributed by atoms with Gasteiger partial charge in [0.2, 0.25) is 0 Å². The van der Waals surface area contributed by atoms with Gasteiger partial charge in [-0.15, -0.1) is 0 Å². The highest BCUT2D eigenvalue weighted by atomic mass is 16.5. The Bertz CT molecular complexity index is 248. The summed E-state index contributed by atoms with van der Waals surface area (Å²) < 4.78 is 4.92. The second kappa shape index (κ2) is 6.21. The smallest absolute Gasteiger partial charge is 0.126 e. The summed E-state index contributed by atoms with van der Waals surface area (Å²) in [6.07, 6.45) is 1.82. The molecule has 78 valence electrons. The molecule has 0 spiro atoms. The van der Waals surface area contributed by atoms with Crippen molar-refractivity contribution in [2.24, 2.45) is 0 Å². The summed E-state index contributed by atoms with van der Waals surface area (Å²) >= 11 is 0. The van der Waals surface area contributed by atoms with Crippen molar-refractivity contribution in [1.82, 2.24) is 4.98 Å². The highest BCUT2D eigenvalue weighted by Crippen LogP contribution is 2.08. The van der Waals surface area contributed by atoms with Gasteiger partial charge < -0.3 is 15.4 Å². The Kier molecular flexibility index (Phi) is 4.78. The Morgan fingerprint density at radius 2 is 2.21 bits per heavy atom. The number of rotatable bonds is 6. The Labute approximate surface area is 84.7 Å². The second-order valence-corrected chi connectivity index (χ2v) is 2.88. The second-order valence-electron chi connectivity index (χ2n) is 2.88. The van der Waals surface area contributed by atoms with Crippen LogP contribution in [0.3, 0.4) is 0 Å². The maximum absolute atomic E-state index is 4.92. The zero-order chi connectivity index (χ0) is 10.2. The van der Waals surface area contributed by atoms with E-state index in [2.05, 4.69) is 22.5 Å². The van der Waals surface area contributed by atoms with Gasteiger partial charge in [0.15, 0.2) is 0 Å². The Morgan fingerprint density at radius 1 is 1.36 bits per heavy atom. The average molecular weight is 195 g/mol. The fraction of sp³-hybridized carbons (Fsp3) is 0.500. The van der Waals surface area contributed by atoms with Crippen molar-refractivity contribution >= 4 is 11.5 Å². The van der Waals surface area contributed by atoms with E-state index in [9.17, 15) is 0 Å². The minimum atomic E-state index is 0.691. The molecule has 0 fully saturated rings. The highest BCUT2D eigenvalue weighted by Gasteiger charge is 1.93. The van der Waals surface area contributed by atoms with Crippen molar-refractivity contribution in [3.63, 3.8) is 0 Å². The zero-order valence-electron chi connectivity index (χ0n) is 8.71. The van der Waals surface area contributed by atoms with Gasteiger partial charge in [0, 0.05) is 20.2 Å². The number of aromatic nitrogens is 1. The molecule has 1 heterocycles. The monoisotopic (exact) mass is 195 g/mol. The molecule has 1 rings (SSSR count). The number of nitrogens with zero attached hydrogens (tertiary/aromatic N) is 1. The normalized spacial score (nSPS) is 9.86. The van der Waals surface area contributed by atoms with Gasteiger partial charge in [0.1, 0.15) is 5.82 Å². The third-order valence-corrected chi connectivity index (χ3v) is 1.76. The molecule has 1 aromatic heterocycles. The molecular weight excluding hydrogens is 178 g/mol. The first-order chi connectivity index (χ1) is 6.86. The molecule has 0 atom stereocenters. The number of pyridine rings is 1. The molecular formula is C10H17N3O. The van der Waals surface area contributed by atoms with E-state index in [4.69, 9.17) is 4.74 Å². The molecule has 0 amide bonds. The van der Waals surface area contributed by atoms with E-state index in [-0.39, 0.29) is 0 Å². The first kappa shape index (κ1) is 10.8. The number of hydrogen-bond donors (Lipinski definition) is 2. The summed E-state index contributed by atoms with van der Waals surface area (Å²) in [5.41, 5.74) is 1.05. The number of anilines is 2. The maximum Gasteiger partial charge on any atom is 0.126 e. The van der Waals surface area contributed by atoms with Gasteiger partial charge in [-0.25, -0.2) is 4.98 Å². The molecule has 0 saturated carbocycles. The molecule has 2 N–H and O–H groups in total. The highest BCUT2D eigenvalue weighted by molar-refractivity contribution is 5.46. The summed E-state index contributed by atoms with van der Waals surface area (Å²) in [5, 5.41) is 6.34. The van der Waals surface area contributed by atoms with Crippen LogP contribution >= 0.6 is 0 Å². The predicted octanol–water partition coefficient (Wildman–Crippen LogP) is 1.57. The number of ether oxygens (including phenoxy) is 1. The molecule has 0 aliphatic rings. The van der Waals surface area contributed by atoms with Crippen LogP contribution in [-0.4, -0.2) is 31.8 Å². The van der Waals surface area contributed by atoms with Gasteiger partial charge in [0.25, 0.3) is 0 Å². The van der Waals surface area contributed by atoms with Crippen molar-refractivity contribution < 1.29 is 4.74 Å². The van der Waals surface area contributed by atoms with Crippen LogP contribution in [0.2, 0.25) is 0 Å². The Hall–Kier alpha value is -1.29. The lowest BCUT2D eigenvalue weighted by molar-refractivity contribution is 0.210. The molecule has 0 saturated heterocycles. The van der Waals surface area contributed by atoms with Gasteiger partial charge >= 0.3 is 0 Å². The molecule has 0 radical (unpaired) electrons. The average Bonchev–Trinajstić information content (AvgIpc) is 2.21. The fourth-order valence-corrected chi connectivity index (χ4v) is 1.09. The zero-order valence-corrected chi connectivity index (χ0v) is 8.71. The molecule has 0 bridgehead atoms. The quantitative estimate of drug-likeness (QED) is 0.676. The van der Waals surface area contributed by atoms with Gasteiger partial charge in [-0.2, -0.15) is 0 Å². The van der Waals surface area contributed by atoms with Crippen LogP contribution in [0.1, 0.15) is 6.92 Å². The summed E-state index contributed by atoms with van der Waals surface area (Å²) in [5.74, 6) is 0.878. The van der Waals surface area contributed by atoms with Crippen molar-refractivity contribution in [2.45, 2.75) is 6.92 Å². The van der Waals surface area contributed by atoms with E-state index < -0.39 is 0 Å². The molecule has 0 aliphatic carbocycles. The summed E-state index contributed by atoms with van der Waals surface area (Å²) in [4.78, 5) is 4.24. The summed E-state index contributed by atoms with van der Waals surface area (Å²) in [7, 11) is 1.68. The van der Waals surface area contributed by atoms with Crippen LogP contribution in [-0.2, 0) is 4.74 Å². The van der Waals surface area contributed by atoms with Crippen LogP contribution in [0.5, 0.6) is 0 Å². The van der Waals surface area contributed by atoms with E-state index >= 15 is 0 Å². The Morgan fingerprint density at radius 3 is 2.79 bits per heavy atom. The minimum absolute atomic E-state index is 0.691. The maximum atomic E-state index is 4.92. The van der Waals surface area contributed by atoms with Crippen LogP contribution in [0.25, 0.3) is 0 Å². The lowest BCUT2D eigenvalue weighted by Gasteiger charge is -2.06. The van der Waals surface area contributed by atoms with Crippen molar-refractivity contribution in [3.05, 3.63) is 18.3 Å². The number of nitrogens with one attached hydrogen (secondary N) is 2. The lowest BCUT2D eigenvalue weighted by atomic mass is 10.4. The third-order valence-electron chi connectivity index (χ3n) is 1.76. The van der Waals surface area contributed by atoms with Crippen molar-refractivity contribution in [2.75, 3.05) is 37.4 Å². The SMILES string of the molecule is CCNc1ccc(NCCOC)nc1. The first-order valence-corrected chi connectivity index (χ1v) is 4.79. The van der Waals surface area contributed by atoms with E-state index in [1.165, 1.54) is 0 Å². The standard InChI is InChI=1S/C10H17N3O/c1-3-11-9-4-5-10(13-8-9)12-6-7-14-2/h4-5,8,11H,3,6-7H2,1-2H3,(H,12,13).